The molecule has 7 nitrogen and oxygen atoms in total. The van der Waals surface area contributed by atoms with Gasteiger partial charge in [-0.1, -0.05) is 35.4 Å². The summed E-state index contributed by atoms with van der Waals surface area (Å²) < 4.78 is 30.5. The third-order valence-corrected chi connectivity index (χ3v) is 6.05. The first-order valence-corrected chi connectivity index (χ1v) is 10.1. The summed E-state index contributed by atoms with van der Waals surface area (Å²) in [6.07, 6.45) is 3.45. The van der Waals surface area contributed by atoms with Crippen LogP contribution in [0, 0.1) is 5.92 Å². The Morgan fingerprint density at radius 1 is 1.16 bits per heavy atom. The van der Waals surface area contributed by atoms with Crippen LogP contribution in [-0.4, -0.2) is 36.0 Å². The third-order valence-electron chi connectivity index (χ3n) is 4.64. The van der Waals surface area contributed by atoms with Crippen LogP contribution in [0.4, 0.5) is 0 Å². The van der Waals surface area contributed by atoms with E-state index in [9.17, 15) is 13.2 Å². The highest BCUT2D eigenvalue weighted by Crippen LogP contribution is 2.38. The monoisotopic (exact) mass is 361 g/mol. The number of rotatable bonds is 5. The van der Waals surface area contributed by atoms with Crippen molar-refractivity contribution in [1.82, 2.24) is 15.1 Å². The van der Waals surface area contributed by atoms with Crippen molar-refractivity contribution in [2.24, 2.45) is 5.92 Å². The van der Waals surface area contributed by atoms with Gasteiger partial charge in [0.1, 0.15) is 6.04 Å². The molecule has 1 saturated carbocycles. The summed E-state index contributed by atoms with van der Waals surface area (Å²) in [5, 5.41) is 7.29. The van der Waals surface area contributed by atoms with Gasteiger partial charge in [0.2, 0.25) is 21.6 Å². The highest BCUT2D eigenvalue weighted by atomic mass is 32.2. The average Bonchev–Trinajstić information content (AvgIpc) is 3.12. The fraction of sp³-hybridized carbons (Fsp3) is 0.471. The fourth-order valence-electron chi connectivity index (χ4n) is 3.19. The van der Waals surface area contributed by atoms with Gasteiger partial charge in [0.25, 0.3) is 0 Å². The van der Waals surface area contributed by atoms with Gasteiger partial charge in [0, 0.05) is 12.5 Å². The molecular formula is C17H19N3O4S. The smallest absolute Gasteiger partial charge is 0.335 e. The van der Waals surface area contributed by atoms with Gasteiger partial charge in [0.05, 0.1) is 5.75 Å². The third kappa shape index (κ3) is 3.30. The lowest BCUT2D eigenvalue weighted by Crippen LogP contribution is -2.31. The number of aromatic nitrogens is 2. The lowest BCUT2D eigenvalue weighted by molar-refractivity contribution is -0.133. The van der Waals surface area contributed by atoms with E-state index < -0.39 is 9.84 Å². The summed E-state index contributed by atoms with van der Waals surface area (Å²) in [4.78, 5) is 14.1. The van der Waals surface area contributed by atoms with Gasteiger partial charge in [-0.05, 0) is 31.2 Å². The lowest BCUT2D eigenvalue weighted by Gasteiger charge is -2.21. The predicted molar refractivity (Wildman–Crippen MR) is 88.0 cm³/mol. The summed E-state index contributed by atoms with van der Waals surface area (Å²) >= 11 is 0. The van der Waals surface area contributed by atoms with Gasteiger partial charge < -0.3 is 9.32 Å². The molecule has 1 aromatic carbocycles. The number of carbonyl (C=O) groups is 1. The summed E-state index contributed by atoms with van der Waals surface area (Å²) in [6, 6.07) is 8.56. The molecular weight excluding hydrogens is 342 g/mol. The quantitative estimate of drug-likeness (QED) is 0.810. The molecule has 25 heavy (non-hydrogen) atoms. The average molecular weight is 361 g/mol. The molecule has 1 aliphatic carbocycles. The predicted octanol–water partition coefficient (Wildman–Crippen LogP) is 2.12. The topological polar surface area (TPSA) is 93.4 Å². The SMILES string of the molecule is O=C(C1CC1)N1CCC[C@H]1c1nnc(S(=O)(=O)Cc2ccccc2)o1. The van der Waals surface area contributed by atoms with Crippen LogP contribution < -0.4 is 0 Å². The summed E-state index contributed by atoms with van der Waals surface area (Å²) in [7, 11) is -3.71. The zero-order valence-corrected chi connectivity index (χ0v) is 14.5. The Morgan fingerprint density at radius 2 is 1.92 bits per heavy atom. The maximum absolute atomic E-state index is 12.5. The first kappa shape index (κ1) is 16.3. The highest BCUT2D eigenvalue weighted by Gasteiger charge is 2.41. The number of likely N-dealkylation sites (tertiary alicyclic amines) is 1. The molecule has 0 unspecified atom stereocenters. The first-order valence-electron chi connectivity index (χ1n) is 8.45. The molecule has 2 aromatic rings. The van der Waals surface area contributed by atoms with E-state index in [2.05, 4.69) is 10.2 Å². The standard InChI is InChI=1S/C17H19N3O4S/c21-16(13-8-9-13)20-10-4-7-14(20)15-18-19-17(24-15)25(22,23)11-12-5-2-1-3-6-12/h1-3,5-6,13-14H,4,7-11H2/t14-/m0/s1. The van der Waals surface area contributed by atoms with Crippen LogP contribution in [0.5, 0.6) is 0 Å². The number of sulfone groups is 1. The lowest BCUT2D eigenvalue weighted by atomic mass is 10.2. The maximum Gasteiger partial charge on any atom is 0.335 e. The molecule has 8 heteroatoms. The Bertz CT molecular complexity index is 874. The van der Waals surface area contributed by atoms with Crippen molar-refractivity contribution < 1.29 is 17.6 Å². The number of nitrogens with zero attached hydrogens (tertiary/aromatic N) is 3. The maximum atomic E-state index is 12.5. The number of benzene rings is 1. The summed E-state index contributed by atoms with van der Waals surface area (Å²) in [6.45, 7) is 0.661. The fourth-order valence-corrected chi connectivity index (χ4v) is 4.32. The molecule has 1 aromatic heterocycles. The Hall–Kier alpha value is -2.22. The van der Waals surface area contributed by atoms with Crippen LogP contribution in [-0.2, 0) is 20.4 Å². The van der Waals surface area contributed by atoms with Crippen molar-refractivity contribution in [1.29, 1.82) is 0 Å². The van der Waals surface area contributed by atoms with Gasteiger partial charge in [-0.15, -0.1) is 5.10 Å². The normalized spacial score (nSPS) is 20.8. The van der Waals surface area contributed by atoms with E-state index in [1.165, 1.54) is 0 Å². The van der Waals surface area contributed by atoms with Crippen molar-refractivity contribution in [3.8, 4) is 0 Å². The second-order valence-corrected chi connectivity index (χ2v) is 8.48. The Morgan fingerprint density at radius 3 is 2.64 bits per heavy atom. The van der Waals surface area contributed by atoms with Gasteiger partial charge in [0.15, 0.2) is 0 Å². The molecule has 0 radical (unpaired) electrons. The minimum absolute atomic E-state index is 0.116. The Kier molecular flexibility index (Phi) is 4.07. The minimum atomic E-state index is -3.71. The molecule has 0 spiro atoms. The number of carbonyl (C=O) groups excluding carboxylic acids is 1. The highest BCUT2D eigenvalue weighted by molar-refractivity contribution is 7.90. The van der Waals surface area contributed by atoms with E-state index in [0.717, 1.165) is 25.7 Å². The molecule has 2 fully saturated rings. The molecule has 2 aliphatic rings. The van der Waals surface area contributed by atoms with Crippen molar-refractivity contribution in [2.75, 3.05) is 6.54 Å². The van der Waals surface area contributed by atoms with E-state index in [1.54, 1.807) is 29.2 Å². The van der Waals surface area contributed by atoms with Crippen LogP contribution in [0.25, 0.3) is 0 Å². The van der Waals surface area contributed by atoms with Gasteiger partial charge in [-0.25, -0.2) is 8.42 Å². The van der Waals surface area contributed by atoms with E-state index in [1.807, 2.05) is 6.07 Å². The molecule has 1 amide bonds. The van der Waals surface area contributed by atoms with Crippen LogP contribution in [0.2, 0.25) is 0 Å². The Balaban J connectivity index is 1.54. The summed E-state index contributed by atoms with van der Waals surface area (Å²) in [5.41, 5.74) is 0.661. The van der Waals surface area contributed by atoms with Crippen LogP contribution in [0.1, 0.15) is 43.2 Å². The minimum Gasteiger partial charge on any atom is -0.410 e. The Labute approximate surface area is 146 Å². The molecule has 1 aliphatic heterocycles. The molecule has 4 rings (SSSR count). The van der Waals surface area contributed by atoms with E-state index in [0.29, 0.717) is 12.1 Å². The first-order chi connectivity index (χ1) is 12.0. The van der Waals surface area contributed by atoms with Crippen LogP contribution in [0.15, 0.2) is 40.0 Å². The molecule has 1 atom stereocenters. The molecule has 132 valence electrons. The number of hydrogen-bond donors (Lipinski definition) is 0. The largest absolute Gasteiger partial charge is 0.410 e. The van der Waals surface area contributed by atoms with Crippen LogP contribution in [0.3, 0.4) is 0 Å². The van der Waals surface area contributed by atoms with Crippen molar-refractivity contribution >= 4 is 15.7 Å². The molecule has 2 heterocycles. The van der Waals surface area contributed by atoms with Crippen molar-refractivity contribution in [2.45, 2.75) is 42.7 Å². The van der Waals surface area contributed by atoms with Gasteiger partial charge in [-0.3, -0.25) is 4.79 Å². The molecule has 0 bridgehead atoms. The van der Waals surface area contributed by atoms with Gasteiger partial charge in [-0.2, -0.15) is 0 Å². The van der Waals surface area contributed by atoms with E-state index >= 15 is 0 Å². The van der Waals surface area contributed by atoms with Crippen molar-refractivity contribution in [3.63, 3.8) is 0 Å². The van der Waals surface area contributed by atoms with Crippen molar-refractivity contribution in [3.05, 3.63) is 41.8 Å². The zero-order chi connectivity index (χ0) is 17.4. The van der Waals surface area contributed by atoms with Gasteiger partial charge >= 0.3 is 5.22 Å². The second kappa shape index (κ2) is 6.25. The number of hydrogen-bond acceptors (Lipinski definition) is 6. The number of amides is 1. The van der Waals surface area contributed by atoms with Crippen LogP contribution >= 0.6 is 0 Å². The summed E-state index contributed by atoms with van der Waals surface area (Å²) in [5.74, 6) is 0.266. The molecule has 0 N–H and O–H groups in total. The van der Waals surface area contributed by atoms with E-state index in [-0.39, 0.29) is 34.7 Å². The zero-order valence-electron chi connectivity index (χ0n) is 13.7. The molecule has 1 saturated heterocycles. The van der Waals surface area contributed by atoms with E-state index in [4.69, 9.17) is 4.42 Å². The second-order valence-electron chi connectivity index (χ2n) is 6.61.